The number of hydrogen-bond donors (Lipinski definition) is 1. The Morgan fingerprint density at radius 1 is 1.43 bits per heavy atom. The highest BCUT2D eigenvalue weighted by Gasteiger charge is 2.35. The molecule has 2 rings (SSSR count). The van der Waals surface area contributed by atoms with Gasteiger partial charge in [-0.25, -0.2) is 0 Å². The van der Waals surface area contributed by atoms with Crippen molar-refractivity contribution in [1.82, 2.24) is 5.32 Å². The summed E-state index contributed by atoms with van der Waals surface area (Å²) in [7, 11) is 0. The molecule has 2 nitrogen and oxygen atoms in total. The first-order chi connectivity index (χ1) is 6.90. The molecule has 2 fully saturated rings. The zero-order valence-electron chi connectivity index (χ0n) is 9.30. The van der Waals surface area contributed by atoms with Crippen LogP contribution in [0.2, 0.25) is 0 Å². The first-order valence-electron chi connectivity index (χ1n) is 6.21. The zero-order chi connectivity index (χ0) is 9.80. The largest absolute Gasteiger partial charge is 0.381 e. The molecule has 0 aromatic carbocycles. The molecule has 0 bridgehead atoms. The van der Waals surface area contributed by atoms with Crippen molar-refractivity contribution in [3.63, 3.8) is 0 Å². The second-order valence-corrected chi connectivity index (χ2v) is 4.88. The maximum atomic E-state index is 5.47. The van der Waals surface area contributed by atoms with E-state index in [1.807, 2.05) is 0 Å². The Morgan fingerprint density at radius 2 is 2.36 bits per heavy atom. The van der Waals surface area contributed by atoms with Crippen LogP contribution in [0.3, 0.4) is 0 Å². The Hall–Kier alpha value is -0.0800. The number of nitrogens with one attached hydrogen (secondary N) is 1. The summed E-state index contributed by atoms with van der Waals surface area (Å²) in [5.74, 6) is 1.77. The minimum absolute atomic E-state index is 0.784. The van der Waals surface area contributed by atoms with Gasteiger partial charge < -0.3 is 10.1 Å². The third-order valence-corrected chi connectivity index (χ3v) is 3.51. The van der Waals surface area contributed by atoms with E-state index in [4.69, 9.17) is 4.74 Å². The van der Waals surface area contributed by atoms with E-state index in [2.05, 4.69) is 12.2 Å². The molecule has 0 aromatic heterocycles. The van der Waals surface area contributed by atoms with Crippen LogP contribution >= 0.6 is 0 Å². The van der Waals surface area contributed by atoms with Crippen LogP contribution in [0.15, 0.2) is 0 Å². The monoisotopic (exact) mass is 197 g/mol. The van der Waals surface area contributed by atoms with Crippen LogP contribution in [0.1, 0.15) is 39.0 Å². The van der Waals surface area contributed by atoms with Crippen molar-refractivity contribution in [2.24, 2.45) is 11.8 Å². The molecule has 0 amide bonds. The SMILES string of the molecule is CCCC1CC1NCC1CCCOC1. The van der Waals surface area contributed by atoms with Gasteiger partial charge in [0.1, 0.15) is 0 Å². The summed E-state index contributed by atoms with van der Waals surface area (Å²) < 4.78 is 5.47. The molecule has 0 aromatic rings. The molecule has 1 aliphatic carbocycles. The fourth-order valence-corrected chi connectivity index (χ4v) is 2.47. The van der Waals surface area contributed by atoms with E-state index in [1.165, 1.54) is 38.6 Å². The molecule has 1 saturated heterocycles. The van der Waals surface area contributed by atoms with Crippen molar-refractivity contribution in [3.05, 3.63) is 0 Å². The van der Waals surface area contributed by atoms with Gasteiger partial charge in [0.25, 0.3) is 0 Å². The highest BCUT2D eigenvalue weighted by atomic mass is 16.5. The number of rotatable bonds is 5. The van der Waals surface area contributed by atoms with Crippen molar-refractivity contribution in [3.8, 4) is 0 Å². The van der Waals surface area contributed by atoms with Crippen molar-refractivity contribution in [2.75, 3.05) is 19.8 Å². The van der Waals surface area contributed by atoms with Gasteiger partial charge in [0, 0.05) is 19.2 Å². The fraction of sp³-hybridized carbons (Fsp3) is 1.00. The van der Waals surface area contributed by atoms with Crippen molar-refractivity contribution >= 4 is 0 Å². The maximum Gasteiger partial charge on any atom is 0.0506 e. The summed E-state index contributed by atoms with van der Waals surface area (Å²) in [5.41, 5.74) is 0. The summed E-state index contributed by atoms with van der Waals surface area (Å²) in [5, 5.41) is 3.68. The average Bonchev–Trinajstić information content (AvgIpc) is 2.96. The van der Waals surface area contributed by atoms with Crippen LogP contribution in [0.4, 0.5) is 0 Å². The lowest BCUT2D eigenvalue weighted by Crippen LogP contribution is -2.31. The van der Waals surface area contributed by atoms with E-state index >= 15 is 0 Å². The average molecular weight is 197 g/mol. The molecule has 0 radical (unpaired) electrons. The van der Waals surface area contributed by atoms with E-state index in [-0.39, 0.29) is 0 Å². The molecule has 82 valence electrons. The molecule has 1 N–H and O–H groups in total. The Bertz CT molecular complexity index is 166. The lowest BCUT2D eigenvalue weighted by molar-refractivity contribution is 0.0546. The highest BCUT2D eigenvalue weighted by molar-refractivity contribution is 4.92. The Balaban J connectivity index is 1.54. The van der Waals surface area contributed by atoms with E-state index < -0.39 is 0 Å². The lowest BCUT2D eigenvalue weighted by atomic mass is 10.0. The lowest BCUT2D eigenvalue weighted by Gasteiger charge is -2.22. The van der Waals surface area contributed by atoms with Gasteiger partial charge in [-0.1, -0.05) is 13.3 Å². The highest BCUT2D eigenvalue weighted by Crippen LogP contribution is 2.34. The topological polar surface area (TPSA) is 21.3 Å². The molecule has 1 aliphatic heterocycles. The quantitative estimate of drug-likeness (QED) is 0.729. The Kier molecular flexibility index (Phi) is 3.82. The van der Waals surface area contributed by atoms with E-state index in [9.17, 15) is 0 Å². The minimum atomic E-state index is 0.784. The van der Waals surface area contributed by atoms with Gasteiger partial charge in [0.2, 0.25) is 0 Å². The van der Waals surface area contributed by atoms with Gasteiger partial charge in [-0.05, 0) is 37.5 Å². The third kappa shape index (κ3) is 2.96. The van der Waals surface area contributed by atoms with Crippen molar-refractivity contribution in [2.45, 2.75) is 45.1 Å². The molecular formula is C12H23NO. The number of ether oxygens (including phenoxy) is 1. The van der Waals surface area contributed by atoms with Gasteiger partial charge >= 0.3 is 0 Å². The maximum absolute atomic E-state index is 5.47. The molecule has 2 aliphatic rings. The summed E-state index contributed by atoms with van der Waals surface area (Å²) in [6, 6.07) is 0.844. The van der Waals surface area contributed by atoms with Gasteiger partial charge in [-0.15, -0.1) is 0 Å². The summed E-state index contributed by atoms with van der Waals surface area (Å²) in [6.07, 6.45) is 6.79. The second kappa shape index (κ2) is 5.13. The fourth-order valence-electron chi connectivity index (χ4n) is 2.47. The van der Waals surface area contributed by atoms with E-state index in [0.717, 1.165) is 31.1 Å². The van der Waals surface area contributed by atoms with Gasteiger partial charge in [-0.2, -0.15) is 0 Å². The number of hydrogen-bond acceptors (Lipinski definition) is 2. The normalized spacial score (nSPS) is 37.1. The molecule has 2 heteroatoms. The molecule has 1 saturated carbocycles. The predicted octanol–water partition coefficient (Wildman–Crippen LogP) is 2.19. The third-order valence-electron chi connectivity index (χ3n) is 3.51. The second-order valence-electron chi connectivity index (χ2n) is 4.88. The molecule has 0 spiro atoms. The standard InChI is InChI=1S/C12H23NO/c1-2-4-11-7-12(11)13-8-10-5-3-6-14-9-10/h10-13H,2-9H2,1H3. The Labute approximate surface area is 87.4 Å². The zero-order valence-corrected chi connectivity index (χ0v) is 9.30. The molecule has 1 heterocycles. The van der Waals surface area contributed by atoms with Gasteiger partial charge in [-0.3, -0.25) is 0 Å². The molecule has 3 atom stereocenters. The first kappa shape index (κ1) is 10.4. The van der Waals surface area contributed by atoms with Crippen LogP contribution < -0.4 is 5.32 Å². The van der Waals surface area contributed by atoms with Crippen LogP contribution in [-0.4, -0.2) is 25.8 Å². The van der Waals surface area contributed by atoms with Crippen LogP contribution in [-0.2, 0) is 4.74 Å². The summed E-state index contributed by atoms with van der Waals surface area (Å²) in [4.78, 5) is 0. The molecule has 3 unspecified atom stereocenters. The van der Waals surface area contributed by atoms with E-state index in [1.54, 1.807) is 0 Å². The van der Waals surface area contributed by atoms with Crippen LogP contribution in [0, 0.1) is 11.8 Å². The smallest absolute Gasteiger partial charge is 0.0506 e. The molecule has 14 heavy (non-hydrogen) atoms. The van der Waals surface area contributed by atoms with Gasteiger partial charge in [0.05, 0.1) is 6.61 Å². The summed E-state index contributed by atoms with van der Waals surface area (Å²) in [6.45, 7) is 5.44. The summed E-state index contributed by atoms with van der Waals surface area (Å²) >= 11 is 0. The van der Waals surface area contributed by atoms with Crippen LogP contribution in [0.5, 0.6) is 0 Å². The molecular weight excluding hydrogens is 174 g/mol. The minimum Gasteiger partial charge on any atom is -0.381 e. The van der Waals surface area contributed by atoms with E-state index in [0.29, 0.717) is 0 Å². The first-order valence-corrected chi connectivity index (χ1v) is 6.21. The van der Waals surface area contributed by atoms with Gasteiger partial charge in [0.15, 0.2) is 0 Å². The Morgan fingerprint density at radius 3 is 3.07 bits per heavy atom. The predicted molar refractivity (Wildman–Crippen MR) is 58.3 cm³/mol. The van der Waals surface area contributed by atoms with Crippen molar-refractivity contribution in [1.29, 1.82) is 0 Å². The van der Waals surface area contributed by atoms with Crippen LogP contribution in [0.25, 0.3) is 0 Å². The van der Waals surface area contributed by atoms with Crippen molar-refractivity contribution < 1.29 is 4.74 Å².